The summed E-state index contributed by atoms with van der Waals surface area (Å²) in [6.07, 6.45) is 1.61. The molecule has 0 saturated heterocycles. The van der Waals surface area contributed by atoms with Crippen LogP contribution in [0.15, 0.2) is 71.8 Å². The Bertz CT molecular complexity index is 1020. The average molecular weight is 433 g/mol. The van der Waals surface area contributed by atoms with Gasteiger partial charge in [-0.2, -0.15) is 5.10 Å². The number of amides is 1. The fraction of sp³-hybridized carbons (Fsp3) is 0.231. The van der Waals surface area contributed by atoms with E-state index in [0.29, 0.717) is 42.6 Å². The molecular formula is C26H28N2O4. The summed E-state index contributed by atoms with van der Waals surface area (Å²) in [7, 11) is 0. The first-order valence-corrected chi connectivity index (χ1v) is 10.7. The van der Waals surface area contributed by atoms with Crippen LogP contribution in [-0.2, 0) is 0 Å². The highest BCUT2D eigenvalue weighted by Gasteiger charge is 2.18. The summed E-state index contributed by atoms with van der Waals surface area (Å²) >= 11 is 0. The molecule has 0 unspecified atom stereocenters. The lowest BCUT2D eigenvalue weighted by molar-refractivity contribution is 0.0954. The number of hydrazone groups is 1. The lowest BCUT2D eigenvalue weighted by atomic mass is 10.0. The second-order valence-electron chi connectivity index (χ2n) is 6.79. The van der Waals surface area contributed by atoms with E-state index in [4.69, 9.17) is 14.2 Å². The van der Waals surface area contributed by atoms with Gasteiger partial charge in [0.15, 0.2) is 11.5 Å². The minimum atomic E-state index is -0.368. The fourth-order valence-corrected chi connectivity index (χ4v) is 3.14. The van der Waals surface area contributed by atoms with Gasteiger partial charge < -0.3 is 14.2 Å². The third kappa shape index (κ3) is 5.88. The van der Waals surface area contributed by atoms with Gasteiger partial charge in [-0.05, 0) is 49.6 Å². The number of benzene rings is 3. The molecule has 0 heterocycles. The van der Waals surface area contributed by atoms with Gasteiger partial charge in [-0.15, -0.1) is 0 Å². The molecule has 0 spiro atoms. The summed E-state index contributed by atoms with van der Waals surface area (Å²) in [4.78, 5) is 12.7. The van der Waals surface area contributed by atoms with Crippen molar-refractivity contribution in [2.75, 3.05) is 19.8 Å². The summed E-state index contributed by atoms with van der Waals surface area (Å²) in [5.41, 5.74) is 6.08. The zero-order valence-electron chi connectivity index (χ0n) is 18.6. The second kappa shape index (κ2) is 11.6. The molecule has 6 heteroatoms. The number of carbonyl (C=O) groups excluding carboxylic acids is 1. The van der Waals surface area contributed by atoms with Crippen LogP contribution in [0.4, 0.5) is 0 Å². The lowest BCUT2D eigenvalue weighted by Crippen LogP contribution is -2.18. The molecule has 0 fully saturated rings. The molecule has 0 aliphatic rings. The Morgan fingerprint density at radius 3 is 1.94 bits per heavy atom. The maximum Gasteiger partial charge on any atom is 0.271 e. The van der Waals surface area contributed by atoms with Crippen LogP contribution in [0.3, 0.4) is 0 Å². The molecule has 166 valence electrons. The minimum absolute atomic E-state index is 0.368. The van der Waals surface area contributed by atoms with E-state index >= 15 is 0 Å². The molecule has 1 amide bonds. The SMILES string of the molecule is CCOc1cc(C(=O)N/N=C/c2ccc(-c3ccccc3)cc2)cc(OCC)c1OCC. The highest BCUT2D eigenvalue weighted by atomic mass is 16.5. The first kappa shape index (κ1) is 22.9. The Morgan fingerprint density at radius 1 is 0.812 bits per heavy atom. The molecule has 3 rings (SSSR count). The highest BCUT2D eigenvalue weighted by Crippen LogP contribution is 2.39. The number of rotatable bonds is 10. The van der Waals surface area contributed by atoms with Gasteiger partial charge in [-0.25, -0.2) is 5.43 Å². The van der Waals surface area contributed by atoms with Crippen molar-refractivity contribution >= 4 is 12.1 Å². The Kier molecular flexibility index (Phi) is 8.26. The van der Waals surface area contributed by atoms with Crippen LogP contribution < -0.4 is 19.6 Å². The number of nitrogens with one attached hydrogen (secondary N) is 1. The highest BCUT2D eigenvalue weighted by molar-refractivity contribution is 5.96. The minimum Gasteiger partial charge on any atom is -0.490 e. The van der Waals surface area contributed by atoms with E-state index < -0.39 is 0 Å². The second-order valence-corrected chi connectivity index (χ2v) is 6.79. The van der Waals surface area contributed by atoms with E-state index in [1.165, 1.54) is 0 Å². The van der Waals surface area contributed by atoms with Crippen LogP contribution in [0.5, 0.6) is 17.2 Å². The van der Waals surface area contributed by atoms with Gasteiger partial charge in [-0.3, -0.25) is 4.79 Å². The van der Waals surface area contributed by atoms with Gasteiger partial charge in [0.25, 0.3) is 5.91 Å². The maximum atomic E-state index is 12.7. The van der Waals surface area contributed by atoms with Crippen molar-refractivity contribution in [1.29, 1.82) is 0 Å². The largest absolute Gasteiger partial charge is 0.490 e. The summed E-state index contributed by atoms with van der Waals surface area (Å²) in [6.45, 7) is 6.96. The third-order valence-electron chi connectivity index (χ3n) is 4.57. The van der Waals surface area contributed by atoms with Crippen LogP contribution in [-0.4, -0.2) is 31.9 Å². The van der Waals surface area contributed by atoms with Crippen molar-refractivity contribution in [3.05, 3.63) is 77.9 Å². The molecule has 0 aliphatic carbocycles. The average Bonchev–Trinajstić information content (AvgIpc) is 2.82. The first-order chi connectivity index (χ1) is 15.7. The first-order valence-electron chi connectivity index (χ1n) is 10.7. The van der Waals surface area contributed by atoms with Crippen molar-refractivity contribution in [1.82, 2.24) is 5.43 Å². The van der Waals surface area contributed by atoms with Gasteiger partial charge in [0.1, 0.15) is 0 Å². The van der Waals surface area contributed by atoms with Gasteiger partial charge in [0, 0.05) is 5.56 Å². The molecule has 1 N–H and O–H groups in total. The molecule has 0 radical (unpaired) electrons. The molecule has 0 bridgehead atoms. The van der Waals surface area contributed by atoms with Crippen LogP contribution in [0.2, 0.25) is 0 Å². The van der Waals surface area contributed by atoms with Gasteiger partial charge in [0.2, 0.25) is 5.75 Å². The zero-order valence-corrected chi connectivity index (χ0v) is 18.6. The van der Waals surface area contributed by atoms with E-state index in [9.17, 15) is 4.79 Å². The fourth-order valence-electron chi connectivity index (χ4n) is 3.14. The molecule has 3 aromatic carbocycles. The Hall–Kier alpha value is -3.80. The molecule has 0 saturated carbocycles. The molecule has 6 nitrogen and oxygen atoms in total. The predicted molar refractivity (Wildman–Crippen MR) is 127 cm³/mol. The summed E-state index contributed by atoms with van der Waals surface area (Å²) in [5, 5.41) is 4.09. The van der Waals surface area contributed by atoms with Crippen molar-refractivity contribution in [3.63, 3.8) is 0 Å². The van der Waals surface area contributed by atoms with Gasteiger partial charge in [-0.1, -0.05) is 54.6 Å². The van der Waals surface area contributed by atoms with Crippen molar-refractivity contribution in [2.45, 2.75) is 20.8 Å². The molecule has 32 heavy (non-hydrogen) atoms. The van der Waals surface area contributed by atoms with Crippen LogP contribution in [0, 0.1) is 0 Å². The number of nitrogens with zero attached hydrogens (tertiary/aromatic N) is 1. The standard InChI is InChI=1S/C26H28N2O4/c1-4-30-23-16-22(17-24(31-5-2)25(23)32-6-3)26(29)28-27-18-19-12-14-21(15-13-19)20-10-8-7-9-11-20/h7-18H,4-6H2,1-3H3,(H,28,29)/b27-18+. The summed E-state index contributed by atoms with van der Waals surface area (Å²) in [6, 6.07) is 21.4. The topological polar surface area (TPSA) is 69.2 Å². The van der Waals surface area contributed by atoms with E-state index in [0.717, 1.165) is 16.7 Å². The third-order valence-corrected chi connectivity index (χ3v) is 4.57. The smallest absolute Gasteiger partial charge is 0.271 e. The number of ether oxygens (including phenoxy) is 3. The predicted octanol–water partition coefficient (Wildman–Crippen LogP) is 5.31. The van der Waals surface area contributed by atoms with E-state index in [1.54, 1.807) is 18.3 Å². The summed E-state index contributed by atoms with van der Waals surface area (Å²) in [5.74, 6) is 1.05. The quantitative estimate of drug-likeness (QED) is 0.348. The number of carbonyl (C=O) groups is 1. The van der Waals surface area contributed by atoms with Gasteiger partial charge >= 0.3 is 0 Å². The van der Waals surface area contributed by atoms with E-state index in [-0.39, 0.29) is 5.91 Å². The monoisotopic (exact) mass is 432 g/mol. The van der Waals surface area contributed by atoms with Crippen molar-refractivity contribution < 1.29 is 19.0 Å². The van der Waals surface area contributed by atoms with Crippen molar-refractivity contribution in [2.24, 2.45) is 5.10 Å². The number of hydrogen-bond donors (Lipinski definition) is 1. The molecular weight excluding hydrogens is 404 g/mol. The van der Waals surface area contributed by atoms with Crippen molar-refractivity contribution in [3.8, 4) is 28.4 Å². The zero-order chi connectivity index (χ0) is 22.8. The molecule has 0 atom stereocenters. The Morgan fingerprint density at radius 2 is 1.38 bits per heavy atom. The van der Waals surface area contributed by atoms with Crippen LogP contribution >= 0.6 is 0 Å². The van der Waals surface area contributed by atoms with Gasteiger partial charge in [0.05, 0.1) is 26.0 Å². The van der Waals surface area contributed by atoms with Crippen LogP contribution in [0.1, 0.15) is 36.7 Å². The van der Waals surface area contributed by atoms with E-state index in [1.807, 2.05) is 63.2 Å². The molecule has 3 aromatic rings. The van der Waals surface area contributed by atoms with E-state index in [2.05, 4.69) is 22.7 Å². The van der Waals surface area contributed by atoms with Crippen LogP contribution in [0.25, 0.3) is 11.1 Å². The maximum absolute atomic E-state index is 12.7. The molecule has 0 aromatic heterocycles. The summed E-state index contributed by atoms with van der Waals surface area (Å²) < 4.78 is 17.0. The normalized spacial score (nSPS) is 10.7. The Labute approximate surface area is 188 Å². The molecule has 0 aliphatic heterocycles. The number of hydrogen-bond acceptors (Lipinski definition) is 5. The Balaban J connectivity index is 1.73. The lowest BCUT2D eigenvalue weighted by Gasteiger charge is -2.16.